The van der Waals surface area contributed by atoms with Crippen LogP contribution in [0.5, 0.6) is 0 Å². The lowest BCUT2D eigenvalue weighted by Gasteiger charge is -2.27. The zero-order chi connectivity index (χ0) is 15.0. The maximum absolute atomic E-state index is 9.30. The zero-order valence-corrected chi connectivity index (χ0v) is 13.2. The highest BCUT2D eigenvalue weighted by Crippen LogP contribution is 2.30. The number of aromatic nitrogens is 2. The van der Waals surface area contributed by atoms with Crippen molar-refractivity contribution in [3.63, 3.8) is 0 Å². The number of rotatable bonds is 9. The molecule has 1 rings (SSSR count). The van der Waals surface area contributed by atoms with E-state index in [-0.39, 0.29) is 6.61 Å². The number of hydrogen-bond donors (Lipinski definition) is 2. The summed E-state index contributed by atoms with van der Waals surface area (Å²) in [5.41, 5.74) is 1.14. The van der Waals surface area contributed by atoms with Crippen molar-refractivity contribution in [1.82, 2.24) is 9.97 Å². The fourth-order valence-corrected chi connectivity index (χ4v) is 2.27. The van der Waals surface area contributed by atoms with E-state index in [4.69, 9.17) is 0 Å². The summed E-state index contributed by atoms with van der Waals surface area (Å²) in [4.78, 5) is 11.0. The second-order valence-corrected chi connectivity index (χ2v) is 5.21. The van der Waals surface area contributed by atoms with Gasteiger partial charge in [0, 0.05) is 25.2 Å². The van der Waals surface area contributed by atoms with Crippen LogP contribution < -0.4 is 10.2 Å². The highest BCUT2D eigenvalue weighted by Gasteiger charge is 2.19. The Morgan fingerprint density at radius 3 is 2.55 bits per heavy atom. The molecule has 0 saturated heterocycles. The van der Waals surface area contributed by atoms with E-state index < -0.39 is 0 Å². The van der Waals surface area contributed by atoms with Gasteiger partial charge in [0.05, 0.1) is 6.61 Å². The van der Waals surface area contributed by atoms with Crippen LogP contribution in [-0.2, 0) is 0 Å². The molecule has 0 aliphatic heterocycles. The molecule has 1 aromatic heterocycles. The van der Waals surface area contributed by atoms with E-state index in [0.29, 0.717) is 12.5 Å². The van der Waals surface area contributed by atoms with Gasteiger partial charge in [-0.15, -0.1) is 0 Å². The molecule has 1 heterocycles. The Balaban J connectivity index is 3.14. The van der Waals surface area contributed by atoms with Crippen LogP contribution in [0.2, 0.25) is 0 Å². The molecule has 0 atom stereocenters. The van der Waals surface area contributed by atoms with E-state index in [2.05, 4.69) is 47.9 Å². The zero-order valence-electron chi connectivity index (χ0n) is 13.2. The first-order valence-electron chi connectivity index (χ1n) is 7.60. The third-order valence-electron chi connectivity index (χ3n) is 3.24. The van der Waals surface area contributed by atoms with E-state index in [1.807, 2.05) is 0 Å². The molecule has 0 saturated carbocycles. The highest BCUT2D eigenvalue weighted by atomic mass is 16.3. The minimum Gasteiger partial charge on any atom is -0.395 e. The molecule has 0 fully saturated rings. The standard InChI is InChI=1S/C15H28N4O/c1-5-7-8-19(9-10-20)15-13(12(3)4)14(16-6-2)17-11-18-15/h11-12,20H,5-10H2,1-4H3,(H,16,17,18). The monoisotopic (exact) mass is 280 g/mol. The first kappa shape index (κ1) is 16.7. The van der Waals surface area contributed by atoms with E-state index in [9.17, 15) is 5.11 Å². The van der Waals surface area contributed by atoms with E-state index in [1.54, 1.807) is 6.33 Å². The number of anilines is 2. The van der Waals surface area contributed by atoms with Gasteiger partial charge in [0.15, 0.2) is 0 Å². The second kappa shape index (κ2) is 8.74. The Morgan fingerprint density at radius 2 is 2.00 bits per heavy atom. The summed E-state index contributed by atoms with van der Waals surface area (Å²) < 4.78 is 0. The van der Waals surface area contributed by atoms with E-state index in [1.165, 1.54) is 0 Å². The molecule has 0 spiro atoms. The smallest absolute Gasteiger partial charge is 0.137 e. The van der Waals surface area contributed by atoms with Crippen molar-refractivity contribution in [3.8, 4) is 0 Å². The van der Waals surface area contributed by atoms with E-state index in [0.717, 1.165) is 43.1 Å². The maximum atomic E-state index is 9.30. The average Bonchev–Trinajstić information content (AvgIpc) is 2.43. The van der Waals surface area contributed by atoms with E-state index >= 15 is 0 Å². The Hall–Kier alpha value is -1.36. The number of unbranched alkanes of at least 4 members (excludes halogenated alkanes) is 1. The van der Waals surface area contributed by atoms with Crippen molar-refractivity contribution in [2.24, 2.45) is 0 Å². The van der Waals surface area contributed by atoms with Crippen molar-refractivity contribution < 1.29 is 5.11 Å². The SMILES string of the molecule is CCCCN(CCO)c1ncnc(NCC)c1C(C)C. The minimum absolute atomic E-state index is 0.141. The van der Waals surface area contributed by atoms with Crippen LogP contribution in [0.4, 0.5) is 11.6 Å². The number of hydrogen-bond acceptors (Lipinski definition) is 5. The first-order valence-corrected chi connectivity index (χ1v) is 7.60. The van der Waals surface area contributed by atoms with Gasteiger partial charge in [-0.1, -0.05) is 27.2 Å². The van der Waals surface area contributed by atoms with Crippen molar-refractivity contribution in [2.45, 2.75) is 46.5 Å². The van der Waals surface area contributed by atoms with Crippen LogP contribution in [0.15, 0.2) is 6.33 Å². The van der Waals surface area contributed by atoms with Crippen LogP contribution in [0, 0.1) is 0 Å². The summed E-state index contributed by atoms with van der Waals surface area (Å²) in [6.45, 7) is 11.0. The van der Waals surface area contributed by atoms with Gasteiger partial charge in [-0.05, 0) is 19.3 Å². The number of nitrogens with one attached hydrogen (secondary N) is 1. The lowest BCUT2D eigenvalue weighted by Crippen LogP contribution is -2.30. The van der Waals surface area contributed by atoms with Crippen molar-refractivity contribution >= 4 is 11.6 Å². The molecular weight excluding hydrogens is 252 g/mol. The van der Waals surface area contributed by atoms with Crippen LogP contribution in [0.3, 0.4) is 0 Å². The van der Waals surface area contributed by atoms with Gasteiger partial charge >= 0.3 is 0 Å². The fraction of sp³-hybridized carbons (Fsp3) is 0.733. The van der Waals surface area contributed by atoms with Gasteiger partial charge in [0.1, 0.15) is 18.0 Å². The van der Waals surface area contributed by atoms with Crippen LogP contribution in [0.1, 0.15) is 52.0 Å². The largest absolute Gasteiger partial charge is 0.395 e. The molecule has 5 heteroatoms. The lowest BCUT2D eigenvalue weighted by atomic mass is 10.0. The quantitative estimate of drug-likeness (QED) is 0.728. The summed E-state index contributed by atoms with van der Waals surface area (Å²) in [5, 5.41) is 12.6. The van der Waals surface area contributed by atoms with Crippen LogP contribution in [-0.4, -0.2) is 41.3 Å². The van der Waals surface area contributed by atoms with Crippen LogP contribution >= 0.6 is 0 Å². The molecular formula is C15H28N4O. The molecule has 0 bridgehead atoms. The Morgan fingerprint density at radius 1 is 1.25 bits per heavy atom. The van der Waals surface area contributed by atoms with Gasteiger partial charge in [-0.2, -0.15) is 0 Å². The summed E-state index contributed by atoms with van der Waals surface area (Å²) in [7, 11) is 0. The molecule has 5 nitrogen and oxygen atoms in total. The second-order valence-electron chi connectivity index (χ2n) is 5.21. The summed E-state index contributed by atoms with van der Waals surface area (Å²) in [6.07, 6.45) is 3.83. The normalized spacial score (nSPS) is 10.9. The highest BCUT2D eigenvalue weighted by molar-refractivity contribution is 5.60. The molecule has 20 heavy (non-hydrogen) atoms. The van der Waals surface area contributed by atoms with Crippen LogP contribution in [0.25, 0.3) is 0 Å². The third-order valence-corrected chi connectivity index (χ3v) is 3.24. The number of nitrogens with zero attached hydrogens (tertiary/aromatic N) is 3. The van der Waals surface area contributed by atoms with Gasteiger partial charge in [0.25, 0.3) is 0 Å². The van der Waals surface area contributed by atoms with Gasteiger partial charge in [0.2, 0.25) is 0 Å². The van der Waals surface area contributed by atoms with Crippen molar-refractivity contribution in [3.05, 3.63) is 11.9 Å². The Labute approximate surface area is 122 Å². The first-order chi connectivity index (χ1) is 9.65. The van der Waals surface area contributed by atoms with Crippen molar-refractivity contribution in [2.75, 3.05) is 36.5 Å². The Kier molecular flexibility index (Phi) is 7.30. The summed E-state index contributed by atoms with van der Waals surface area (Å²) >= 11 is 0. The fourth-order valence-electron chi connectivity index (χ4n) is 2.27. The minimum atomic E-state index is 0.141. The Bertz CT molecular complexity index is 395. The topological polar surface area (TPSA) is 61.3 Å². The van der Waals surface area contributed by atoms with Gasteiger partial charge in [-0.25, -0.2) is 9.97 Å². The predicted octanol–water partition coefficient (Wildman–Crippen LogP) is 2.63. The molecule has 0 unspecified atom stereocenters. The molecule has 1 aromatic rings. The third kappa shape index (κ3) is 4.34. The molecule has 2 N–H and O–H groups in total. The lowest BCUT2D eigenvalue weighted by molar-refractivity contribution is 0.301. The molecule has 0 aliphatic carbocycles. The maximum Gasteiger partial charge on any atom is 0.137 e. The van der Waals surface area contributed by atoms with Gasteiger partial charge in [-0.3, -0.25) is 0 Å². The number of aliphatic hydroxyl groups excluding tert-OH is 1. The molecule has 0 amide bonds. The molecule has 0 aromatic carbocycles. The summed E-state index contributed by atoms with van der Waals surface area (Å²) in [6, 6.07) is 0. The van der Waals surface area contributed by atoms with Gasteiger partial charge < -0.3 is 15.3 Å². The summed E-state index contributed by atoms with van der Waals surface area (Å²) in [5.74, 6) is 2.20. The molecule has 0 radical (unpaired) electrons. The number of aliphatic hydroxyl groups is 1. The average molecular weight is 280 g/mol. The molecule has 0 aliphatic rings. The van der Waals surface area contributed by atoms with Crippen molar-refractivity contribution in [1.29, 1.82) is 0 Å². The predicted molar refractivity (Wildman–Crippen MR) is 84.5 cm³/mol. The molecule has 114 valence electrons.